The average molecular weight is 486 g/mol. The number of anilines is 2. The predicted octanol–water partition coefficient (Wildman–Crippen LogP) is 5.59. The standard InChI is InChI=1S/C13H5BrClF3N4O6/c14-7-1-5(13(16,17)18)2-8(15)11(7)19-12-9(21(25)26)3-6(20(23)24)4-10(12)22(27)28/h1-4,19H. The molecule has 1 N–H and O–H groups in total. The Morgan fingerprint density at radius 3 is 1.75 bits per heavy atom. The first-order valence-electron chi connectivity index (χ1n) is 6.77. The first-order valence-corrected chi connectivity index (χ1v) is 7.94. The quantitative estimate of drug-likeness (QED) is 0.430. The Morgan fingerprint density at radius 1 is 0.893 bits per heavy atom. The van der Waals surface area contributed by atoms with Crippen molar-refractivity contribution in [3.63, 3.8) is 0 Å². The van der Waals surface area contributed by atoms with Gasteiger partial charge in [-0.1, -0.05) is 11.6 Å². The second-order valence-corrected chi connectivity index (χ2v) is 6.33. The van der Waals surface area contributed by atoms with Crippen molar-refractivity contribution in [2.24, 2.45) is 0 Å². The zero-order valence-electron chi connectivity index (χ0n) is 13.0. The second-order valence-electron chi connectivity index (χ2n) is 5.07. The van der Waals surface area contributed by atoms with Crippen LogP contribution in [-0.2, 0) is 6.18 Å². The summed E-state index contributed by atoms with van der Waals surface area (Å²) in [5.41, 5.74) is -5.26. The Balaban J connectivity index is 2.71. The lowest BCUT2D eigenvalue weighted by Gasteiger charge is -2.14. The lowest BCUT2D eigenvalue weighted by molar-refractivity contribution is -0.401. The number of hydrogen-bond acceptors (Lipinski definition) is 7. The highest BCUT2D eigenvalue weighted by atomic mass is 79.9. The molecule has 0 amide bonds. The number of nitrogens with one attached hydrogen (secondary N) is 1. The highest BCUT2D eigenvalue weighted by molar-refractivity contribution is 9.10. The molecule has 2 rings (SSSR count). The van der Waals surface area contributed by atoms with Gasteiger partial charge in [0.05, 0.1) is 43.2 Å². The number of alkyl halides is 3. The second kappa shape index (κ2) is 7.55. The molecule has 0 bridgehead atoms. The van der Waals surface area contributed by atoms with Crippen LogP contribution in [0.3, 0.4) is 0 Å². The first-order chi connectivity index (χ1) is 12.8. The molecule has 0 heterocycles. The fourth-order valence-corrected chi connectivity index (χ4v) is 3.04. The van der Waals surface area contributed by atoms with Gasteiger partial charge in [-0.2, -0.15) is 13.2 Å². The predicted molar refractivity (Wildman–Crippen MR) is 93.8 cm³/mol. The monoisotopic (exact) mass is 484 g/mol. The average Bonchev–Trinajstić information content (AvgIpc) is 2.56. The van der Waals surface area contributed by atoms with Crippen molar-refractivity contribution in [3.8, 4) is 0 Å². The summed E-state index contributed by atoms with van der Waals surface area (Å²) in [6.07, 6.45) is -4.74. The molecule has 28 heavy (non-hydrogen) atoms. The summed E-state index contributed by atoms with van der Waals surface area (Å²) >= 11 is 8.61. The summed E-state index contributed by atoms with van der Waals surface area (Å²) in [7, 11) is 0. The molecule has 15 heteroatoms. The number of nitrogens with zero attached hydrogens (tertiary/aromatic N) is 3. The number of non-ortho nitro benzene ring substituents is 1. The Kier molecular flexibility index (Phi) is 5.75. The number of nitro benzene ring substituents is 3. The molecule has 0 aliphatic heterocycles. The SMILES string of the molecule is O=[N+]([O-])c1cc([N+](=O)[O-])c(Nc2c(Cl)cc(C(F)(F)F)cc2Br)c([N+](=O)[O-])c1. The molecular formula is C13H5BrClF3N4O6. The van der Waals surface area contributed by atoms with Crippen LogP contribution >= 0.6 is 27.5 Å². The van der Waals surface area contributed by atoms with Gasteiger partial charge in [0.1, 0.15) is 0 Å². The molecule has 10 nitrogen and oxygen atoms in total. The summed E-state index contributed by atoms with van der Waals surface area (Å²) in [6.45, 7) is 0. The topological polar surface area (TPSA) is 141 Å². The zero-order chi connectivity index (χ0) is 21.4. The van der Waals surface area contributed by atoms with E-state index in [-0.39, 0.29) is 10.2 Å². The summed E-state index contributed by atoms with van der Waals surface area (Å²) < 4.78 is 38.2. The highest BCUT2D eigenvalue weighted by Gasteiger charge is 2.34. The van der Waals surface area contributed by atoms with Gasteiger partial charge in [-0.3, -0.25) is 30.3 Å². The van der Waals surface area contributed by atoms with Gasteiger partial charge in [0, 0.05) is 4.47 Å². The van der Waals surface area contributed by atoms with E-state index in [4.69, 9.17) is 11.6 Å². The summed E-state index contributed by atoms with van der Waals surface area (Å²) in [5.74, 6) is 0. The molecule has 0 fully saturated rings. The Labute approximate surface area is 165 Å². The van der Waals surface area contributed by atoms with Crippen molar-refractivity contribution < 1.29 is 27.9 Å². The van der Waals surface area contributed by atoms with Gasteiger partial charge in [0.25, 0.3) is 5.69 Å². The Bertz CT molecular complexity index is 958. The summed E-state index contributed by atoms with van der Waals surface area (Å²) in [4.78, 5) is 30.1. The van der Waals surface area contributed by atoms with Crippen LogP contribution in [0, 0.1) is 30.3 Å². The number of nitro groups is 3. The van der Waals surface area contributed by atoms with E-state index in [1.54, 1.807) is 0 Å². The van der Waals surface area contributed by atoms with E-state index >= 15 is 0 Å². The molecular weight excluding hydrogens is 481 g/mol. The molecule has 0 aromatic heterocycles. The van der Waals surface area contributed by atoms with Crippen LogP contribution in [-0.4, -0.2) is 14.8 Å². The molecule has 0 aliphatic carbocycles. The van der Waals surface area contributed by atoms with E-state index in [1.165, 1.54) is 0 Å². The molecule has 2 aromatic carbocycles. The maximum Gasteiger partial charge on any atom is 0.416 e. The van der Waals surface area contributed by atoms with Gasteiger partial charge in [-0.05, 0) is 28.1 Å². The van der Waals surface area contributed by atoms with Crippen LogP contribution in [0.4, 0.5) is 41.6 Å². The van der Waals surface area contributed by atoms with Crippen LogP contribution in [0.2, 0.25) is 5.02 Å². The number of hydrogen-bond donors (Lipinski definition) is 1. The molecule has 148 valence electrons. The third-order valence-electron chi connectivity index (χ3n) is 3.31. The van der Waals surface area contributed by atoms with Gasteiger partial charge in [-0.25, -0.2) is 0 Å². The summed E-state index contributed by atoms with van der Waals surface area (Å²) in [5, 5.41) is 35.0. The molecule has 0 aliphatic rings. The van der Waals surface area contributed by atoms with Crippen molar-refractivity contribution in [3.05, 3.63) is 69.7 Å². The van der Waals surface area contributed by atoms with Crippen LogP contribution < -0.4 is 5.32 Å². The smallest absolute Gasteiger partial charge is 0.342 e. The Morgan fingerprint density at radius 2 is 1.39 bits per heavy atom. The third-order valence-corrected chi connectivity index (χ3v) is 4.23. The fourth-order valence-electron chi connectivity index (χ4n) is 2.10. The number of benzene rings is 2. The van der Waals surface area contributed by atoms with Gasteiger partial charge in [-0.15, -0.1) is 0 Å². The van der Waals surface area contributed by atoms with Gasteiger partial charge in [0.15, 0.2) is 5.69 Å². The van der Waals surface area contributed by atoms with E-state index in [0.717, 1.165) is 0 Å². The first kappa shape index (κ1) is 21.3. The molecule has 0 saturated carbocycles. The van der Waals surface area contributed by atoms with Crippen LogP contribution in [0.1, 0.15) is 5.56 Å². The van der Waals surface area contributed by atoms with E-state index in [9.17, 15) is 43.5 Å². The molecule has 0 spiro atoms. The van der Waals surface area contributed by atoms with Crippen molar-refractivity contribution in [2.45, 2.75) is 6.18 Å². The molecule has 0 atom stereocenters. The summed E-state index contributed by atoms with van der Waals surface area (Å²) in [6, 6.07) is 2.07. The molecule has 0 unspecified atom stereocenters. The van der Waals surface area contributed by atoms with Crippen molar-refractivity contribution in [2.75, 3.05) is 5.32 Å². The lowest BCUT2D eigenvalue weighted by atomic mass is 10.1. The number of rotatable bonds is 5. The fraction of sp³-hybridized carbons (Fsp3) is 0.0769. The minimum atomic E-state index is -4.74. The normalized spacial score (nSPS) is 11.2. The minimum absolute atomic E-state index is 0.297. The highest BCUT2D eigenvalue weighted by Crippen LogP contribution is 2.44. The molecule has 0 saturated heterocycles. The van der Waals surface area contributed by atoms with Gasteiger partial charge in [0.2, 0.25) is 0 Å². The van der Waals surface area contributed by atoms with Gasteiger partial charge < -0.3 is 5.32 Å². The van der Waals surface area contributed by atoms with E-state index in [0.29, 0.717) is 24.3 Å². The van der Waals surface area contributed by atoms with Crippen molar-refractivity contribution >= 4 is 56.0 Å². The Hall–Kier alpha value is -3.00. The largest absolute Gasteiger partial charge is 0.416 e. The maximum atomic E-state index is 12.8. The zero-order valence-corrected chi connectivity index (χ0v) is 15.3. The van der Waals surface area contributed by atoms with E-state index in [2.05, 4.69) is 21.2 Å². The third kappa shape index (κ3) is 4.28. The van der Waals surface area contributed by atoms with Crippen LogP contribution in [0.25, 0.3) is 0 Å². The number of halogens is 5. The van der Waals surface area contributed by atoms with E-state index in [1.807, 2.05) is 0 Å². The van der Waals surface area contributed by atoms with Crippen LogP contribution in [0.15, 0.2) is 28.7 Å². The lowest BCUT2D eigenvalue weighted by Crippen LogP contribution is -2.07. The van der Waals surface area contributed by atoms with Gasteiger partial charge >= 0.3 is 17.6 Å². The van der Waals surface area contributed by atoms with Crippen molar-refractivity contribution in [1.29, 1.82) is 0 Å². The van der Waals surface area contributed by atoms with E-state index < -0.39 is 54.3 Å². The maximum absolute atomic E-state index is 12.8. The minimum Gasteiger partial charge on any atom is -0.342 e. The molecule has 2 aromatic rings. The molecule has 0 radical (unpaired) electrons. The van der Waals surface area contributed by atoms with Crippen molar-refractivity contribution in [1.82, 2.24) is 0 Å². The van der Waals surface area contributed by atoms with Crippen LogP contribution in [0.5, 0.6) is 0 Å².